The molecule has 1 aromatic heterocycles. The number of aromatic nitrogens is 2. The SMILES string of the molecule is CNC(=O)C(C)(C)CN(c1nc(Nc2ccc(C(=O)NCc3ccccc3)cc2OC)ncc1C)C1CCCC1. The van der Waals surface area contributed by atoms with Crippen molar-refractivity contribution in [3.8, 4) is 5.75 Å². The molecule has 0 atom stereocenters. The molecule has 0 aliphatic heterocycles. The zero-order valence-electron chi connectivity index (χ0n) is 24.1. The maximum atomic E-state index is 12.8. The number of ether oxygens (including phenoxy) is 1. The molecule has 3 aromatic rings. The number of hydrogen-bond donors (Lipinski definition) is 3. The van der Waals surface area contributed by atoms with E-state index in [1.165, 1.54) is 12.8 Å². The fourth-order valence-corrected chi connectivity index (χ4v) is 5.15. The quantitative estimate of drug-likeness (QED) is 0.312. The number of benzene rings is 2. The summed E-state index contributed by atoms with van der Waals surface area (Å²) in [5.41, 5.74) is 2.52. The molecule has 0 bridgehead atoms. The molecule has 4 rings (SSSR count). The van der Waals surface area contributed by atoms with E-state index < -0.39 is 5.41 Å². The molecule has 2 amide bonds. The largest absolute Gasteiger partial charge is 0.495 e. The molecular weight excluding hydrogens is 504 g/mol. The smallest absolute Gasteiger partial charge is 0.251 e. The molecular formula is C31H40N6O3. The highest BCUT2D eigenvalue weighted by Gasteiger charge is 2.34. The van der Waals surface area contributed by atoms with Crippen LogP contribution in [0.4, 0.5) is 17.5 Å². The monoisotopic (exact) mass is 544 g/mol. The van der Waals surface area contributed by atoms with Crippen LogP contribution < -0.4 is 25.6 Å². The van der Waals surface area contributed by atoms with Gasteiger partial charge in [-0.25, -0.2) is 4.98 Å². The first-order valence-corrected chi connectivity index (χ1v) is 13.8. The van der Waals surface area contributed by atoms with E-state index in [1.807, 2.05) is 51.1 Å². The molecule has 0 unspecified atom stereocenters. The number of aryl methyl sites for hydroxylation is 1. The molecule has 2 aromatic carbocycles. The van der Waals surface area contributed by atoms with Crippen LogP contribution in [0, 0.1) is 12.3 Å². The second kappa shape index (κ2) is 12.8. The van der Waals surface area contributed by atoms with Crippen LogP contribution in [-0.2, 0) is 11.3 Å². The fourth-order valence-electron chi connectivity index (χ4n) is 5.15. The van der Waals surface area contributed by atoms with Crippen LogP contribution in [-0.4, -0.2) is 48.5 Å². The number of nitrogens with zero attached hydrogens (tertiary/aromatic N) is 3. The number of methoxy groups -OCH3 is 1. The average Bonchev–Trinajstić information content (AvgIpc) is 3.51. The number of amides is 2. The van der Waals surface area contributed by atoms with Crippen molar-refractivity contribution < 1.29 is 14.3 Å². The fraction of sp³-hybridized carbons (Fsp3) is 0.419. The maximum absolute atomic E-state index is 12.8. The lowest BCUT2D eigenvalue weighted by molar-refractivity contribution is -0.128. The zero-order valence-corrected chi connectivity index (χ0v) is 24.1. The van der Waals surface area contributed by atoms with Gasteiger partial charge in [0.25, 0.3) is 5.91 Å². The lowest BCUT2D eigenvalue weighted by atomic mass is 9.90. The summed E-state index contributed by atoms with van der Waals surface area (Å²) in [5, 5.41) is 9.02. The van der Waals surface area contributed by atoms with Gasteiger partial charge in [0.15, 0.2) is 0 Å². The third-order valence-electron chi connectivity index (χ3n) is 7.40. The maximum Gasteiger partial charge on any atom is 0.251 e. The number of carbonyl (C=O) groups is 2. The summed E-state index contributed by atoms with van der Waals surface area (Å²) in [6.45, 7) is 6.91. The Hall–Kier alpha value is -4.14. The molecule has 1 fully saturated rings. The summed E-state index contributed by atoms with van der Waals surface area (Å²) in [6.07, 6.45) is 6.27. The first kappa shape index (κ1) is 28.9. The molecule has 3 N–H and O–H groups in total. The molecule has 1 aliphatic rings. The Bertz CT molecular complexity index is 1320. The van der Waals surface area contributed by atoms with Gasteiger partial charge in [-0.3, -0.25) is 9.59 Å². The molecule has 1 saturated carbocycles. The van der Waals surface area contributed by atoms with Gasteiger partial charge in [-0.2, -0.15) is 4.98 Å². The highest BCUT2D eigenvalue weighted by atomic mass is 16.5. The highest BCUT2D eigenvalue weighted by molar-refractivity contribution is 5.95. The van der Waals surface area contributed by atoms with Crippen LogP contribution in [0.3, 0.4) is 0 Å². The zero-order chi connectivity index (χ0) is 28.7. The van der Waals surface area contributed by atoms with Gasteiger partial charge in [0.2, 0.25) is 11.9 Å². The summed E-state index contributed by atoms with van der Waals surface area (Å²) >= 11 is 0. The molecule has 9 nitrogen and oxygen atoms in total. The highest BCUT2D eigenvalue weighted by Crippen LogP contribution is 2.34. The third kappa shape index (κ3) is 6.89. The summed E-state index contributed by atoms with van der Waals surface area (Å²) in [7, 11) is 3.24. The molecule has 0 saturated heterocycles. The topological polar surface area (TPSA) is 108 Å². The predicted octanol–water partition coefficient (Wildman–Crippen LogP) is 4.99. The number of hydrogen-bond acceptors (Lipinski definition) is 7. The van der Waals surface area contributed by atoms with Crippen molar-refractivity contribution in [2.24, 2.45) is 5.41 Å². The van der Waals surface area contributed by atoms with Crippen molar-refractivity contribution >= 4 is 29.3 Å². The molecule has 40 heavy (non-hydrogen) atoms. The first-order chi connectivity index (χ1) is 19.2. The van der Waals surface area contributed by atoms with Crippen LogP contribution >= 0.6 is 0 Å². The minimum atomic E-state index is -0.595. The molecule has 0 radical (unpaired) electrons. The predicted molar refractivity (Wildman–Crippen MR) is 158 cm³/mol. The van der Waals surface area contributed by atoms with E-state index in [0.29, 0.717) is 42.1 Å². The summed E-state index contributed by atoms with van der Waals surface area (Å²) in [6, 6.07) is 15.3. The van der Waals surface area contributed by atoms with Crippen LogP contribution in [0.15, 0.2) is 54.7 Å². The second-order valence-electron chi connectivity index (χ2n) is 10.9. The van der Waals surface area contributed by atoms with Gasteiger partial charge in [0.1, 0.15) is 11.6 Å². The van der Waals surface area contributed by atoms with Gasteiger partial charge in [-0.15, -0.1) is 0 Å². The van der Waals surface area contributed by atoms with Gasteiger partial charge in [-0.05, 0) is 57.4 Å². The van der Waals surface area contributed by atoms with E-state index in [4.69, 9.17) is 9.72 Å². The van der Waals surface area contributed by atoms with Crippen LogP contribution in [0.25, 0.3) is 0 Å². The van der Waals surface area contributed by atoms with Crippen molar-refractivity contribution in [2.45, 2.75) is 59.0 Å². The van der Waals surface area contributed by atoms with E-state index >= 15 is 0 Å². The first-order valence-electron chi connectivity index (χ1n) is 13.8. The molecule has 9 heteroatoms. The van der Waals surface area contributed by atoms with Crippen LogP contribution in [0.5, 0.6) is 5.75 Å². The Morgan fingerprint density at radius 1 is 1.10 bits per heavy atom. The van der Waals surface area contributed by atoms with E-state index in [-0.39, 0.29) is 11.8 Å². The third-order valence-corrected chi connectivity index (χ3v) is 7.40. The summed E-state index contributed by atoms with van der Waals surface area (Å²) < 4.78 is 5.61. The minimum Gasteiger partial charge on any atom is -0.495 e. The van der Waals surface area contributed by atoms with Gasteiger partial charge in [0.05, 0.1) is 18.2 Å². The molecule has 1 aliphatic carbocycles. The number of nitrogens with one attached hydrogen (secondary N) is 3. The Morgan fingerprint density at radius 2 is 1.82 bits per heavy atom. The standard InChI is InChI=1S/C31H40N6O3/c1-21-18-34-30(36-27(21)37(24-13-9-10-14-24)20-31(2,3)29(39)32-4)35-25-16-15-23(17-26(25)40-5)28(38)33-19-22-11-7-6-8-12-22/h6-8,11-12,15-18,24H,9-10,13-14,19-20H2,1-5H3,(H,32,39)(H,33,38)(H,34,35,36). The number of anilines is 3. The van der Waals surface area contributed by atoms with E-state index in [1.54, 1.807) is 38.6 Å². The van der Waals surface area contributed by atoms with Gasteiger partial charge in [-0.1, -0.05) is 43.2 Å². The van der Waals surface area contributed by atoms with Crippen molar-refractivity contribution in [1.82, 2.24) is 20.6 Å². The van der Waals surface area contributed by atoms with E-state index in [0.717, 1.165) is 29.8 Å². The Balaban J connectivity index is 1.55. The van der Waals surface area contributed by atoms with Crippen molar-refractivity contribution in [3.05, 3.63) is 71.4 Å². The van der Waals surface area contributed by atoms with Crippen molar-refractivity contribution in [2.75, 3.05) is 30.9 Å². The van der Waals surface area contributed by atoms with Crippen LogP contribution in [0.1, 0.15) is 61.0 Å². The lowest BCUT2D eigenvalue weighted by Gasteiger charge is -2.37. The molecule has 0 spiro atoms. The van der Waals surface area contributed by atoms with E-state index in [9.17, 15) is 9.59 Å². The van der Waals surface area contributed by atoms with Gasteiger partial charge >= 0.3 is 0 Å². The van der Waals surface area contributed by atoms with Crippen LogP contribution in [0.2, 0.25) is 0 Å². The second-order valence-corrected chi connectivity index (χ2v) is 10.9. The minimum absolute atomic E-state index is 0.00168. The van der Waals surface area contributed by atoms with Gasteiger partial charge < -0.3 is 25.6 Å². The average molecular weight is 545 g/mol. The normalized spacial score (nSPS) is 13.5. The summed E-state index contributed by atoms with van der Waals surface area (Å²) in [4.78, 5) is 37.1. The Morgan fingerprint density at radius 3 is 2.50 bits per heavy atom. The molecule has 1 heterocycles. The van der Waals surface area contributed by atoms with E-state index in [2.05, 4.69) is 25.8 Å². The number of rotatable bonds is 11. The van der Waals surface area contributed by atoms with Gasteiger partial charge in [0, 0.05) is 43.5 Å². The molecule has 212 valence electrons. The Kier molecular flexibility index (Phi) is 9.24. The lowest BCUT2D eigenvalue weighted by Crippen LogP contribution is -2.47. The summed E-state index contributed by atoms with van der Waals surface area (Å²) in [5.74, 6) is 1.55. The Labute approximate surface area is 236 Å². The number of carbonyl (C=O) groups excluding carboxylic acids is 2. The van der Waals surface area contributed by atoms with Crippen molar-refractivity contribution in [1.29, 1.82) is 0 Å². The van der Waals surface area contributed by atoms with Crippen molar-refractivity contribution in [3.63, 3.8) is 0 Å².